The Kier molecular flexibility index (Phi) is 6.38. The maximum absolute atomic E-state index is 12.2. The van der Waals surface area contributed by atoms with Crippen molar-refractivity contribution >= 4 is 40.1 Å². The van der Waals surface area contributed by atoms with E-state index in [0.29, 0.717) is 6.54 Å². The molecular formula is C10H20ClN3O3S2. The molecule has 0 aliphatic carbocycles. The van der Waals surface area contributed by atoms with Crippen molar-refractivity contribution in [1.82, 2.24) is 14.9 Å². The van der Waals surface area contributed by atoms with Gasteiger partial charge in [0.15, 0.2) is 0 Å². The van der Waals surface area contributed by atoms with Crippen molar-refractivity contribution in [2.24, 2.45) is 0 Å². The van der Waals surface area contributed by atoms with Crippen molar-refractivity contribution < 1.29 is 13.2 Å². The number of nitrogens with one attached hydrogen (secondary N) is 2. The number of carbonyl (C=O) groups excluding carboxylic acids is 1. The first-order valence-corrected chi connectivity index (χ1v) is 9.07. The summed E-state index contributed by atoms with van der Waals surface area (Å²) >= 11 is 1.72. The molecule has 1 unspecified atom stereocenters. The first kappa shape index (κ1) is 17.0. The molecule has 0 saturated carbocycles. The Hall–Kier alpha value is -0.0200. The standard InChI is InChI=1S/C10H19N3O3S2.ClH/c1-18(15,16)12-8-3-2-4-13(5-8)10(14)9-6-17-7-11-9;/h8-9,11-12H,2-7H2,1H3;1H/t8?,9-;/m1./s1. The van der Waals surface area contributed by atoms with Crippen LogP contribution >= 0.6 is 24.2 Å². The summed E-state index contributed by atoms with van der Waals surface area (Å²) in [4.78, 5) is 14.0. The smallest absolute Gasteiger partial charge is 0.240 e. The fraction of sp³-hybridized carbons (Fsp3) is 0.900. The molecule has 9 heteroatoms. The Morgan fingerprint density at radius 3 is 2.79 bits per heavy atom. The Labute approximate surface area is 124 Å². The summed E-state index contributed by atoms with van der Waals surface area (Å²) in [5.74, 6) is 1.72. The van der Waals surface area contributed by atoms with Crippen molar-refractivity contribution in [3.05, 3.63) is 0 Å². The van der Waals surface area contributed by atoms with Gasteiger partial charge in [0.2, 0.25) is 15.9 Å². The molecule has 2 saturated heterocycles. The SMILES string of the molecule is CS(=O)(=O)NC1CCCN(C(=O)[C@H]2CSCN2)C1.Cl. The molecule has 112 valence electrons. The van der Waals surface area contributed by atoms with E-state index in [2.05, 4.69) is 10.0 Å². The highest BCUT2D eigenvalue weighted by Crippen LogP contribution is 2.16. The van der Waals surface area contributed by atoms with Gasteiger partial charge in [-0.15, -0.1) is 24.2 Å². The fourth-order valence-electron chi connectivity index (χ4n) is 2.35. The summed E-state index contributed by atoms with van der Waals surface area (Å²) in [6.07, 6.45) is 2.80. The summed E-state index contributed by atoms with van der Waals surface area (Å²) in [5, 5.41) is 3.15. The van der Waals surface area contributed by atoms with Crippen LogP contribution in [-0.4, -0.2) is 62.3 Å². The number of hydrogen-bond donors (Lipinski definition) is 2. The van der Waals surface area contributed by atoms with Crippen LogP contribution in [0.25, 0.3) is 0 Å². The molecule has 0 aromatic rings. The van der Waals surface area contributed by atoms with Crippen LogP contribution < -0.4 is 10.0 Å². The topological polar surface area (TPSA) is 78.5 Å². The highest BCUT2D eigenvalue weighted by molar-refractivity contribution is 7.99. The number of sulfonamides is 1. The van der Waals surface area contributed by atoms with Crippen LogP contribution in [0, 0.1) is 0 Å². The van der Waals surface area contributed by atoms with Gasteiger partial charge in [0.25, 0.3) is 0 Å². The molecule has 0 bridgehead atoms. The lowest BCUT2D eigenvalue weighted by Crippen LogP contribution is -2.53. The zero-order valence-corrected chi connectivity index (χ0v) is 13.2. The molecule has 0 radical (unpaired) electrons. The van der Waals surface area contributed by atoms with Gasteiger partial charge in [-0.1, -0.05) is 0 Å². The van der Waals surface area contributed by atoms with Gasteiger partial charge in [-0.25, -0.2) is 13.1 Å². The summed E-state index contributed by atoms with van der Waals surface area (Å²) in [5.41, 5.74) is 0. The van der Waals surface area contributed by atoms with E-state index in [1.54, 1.807) is 16.7 Å². The van der Waals surface area contributed by atoms with Crippen LogP contribution in [0.3, 0.4) is 0 Å². The molecule has 2 rings (SSSR count). The largest absolute Gasteiger partial charge is 0.340 e. The predicted molar refractivity (Wildman–Crippen MR) is 79.1 cm³/mol. The van der Waals surface area contributed by atoms with Gasteiger partial charge >= 0.3 is 0 Å². The molecule has 2 atom stereocenters. The van der Waals surface area contributed by atoms with Crippen LogP contribution in [-0.2, 0) is 14.8 Å². The number of likely N-dealkylation sites (tertiary alicyclic amines) is 1. The van der Waals surface area contributed by atoms with Crippen molar-refractivity contribution in [1.29, 1.82) is 0 Å². The van der Waals surface area contributed by atoms with Gasteiger partial charge in [0.1, 0.15) is 0 Å². The van der Waals surface area contributed by atoms with E-state index in [-0.39, 0.29) is 30.4 Å². The highest BCUT2D eigenvalue weighted by atomic mass is 35.5. The lowest BCUT2D eigenvalue weighted by atomic mass is 10.1. The zero-order chi connectivity index (χ0) is 13.2. The third kappa shape index (κ3) is 5.11. The van der Waals surface area contributed by atoms with E-state index in [1.165, 1.54) is 0 Å². The third-order valence-electron chi connectivity index (χ3n) is 3.13. The zero-order valence-electron chi connectivity index (χ0n) is 10.8. The number of rotatable bonds is 3. The van der Waals surface area contributed by atoms with Crippen LogP contribution in [0.1, 0.15) is 12.8 Å². The Balaban J connectivity index is 0.00000180. The number of nitrogens with zero attached hydrogens (tertiary/aromatic N) is 1. The van der Waals surface area contributed by atoms with Gasteiger partial charge in [0.05, 0.1) is 12.3 Å². The third-order valence-corrected chi connectivity index (χ3v) is 4.83. The molecule has 6 nitrogen and oxygen atoms in total. The second-order valence-electron chi connectivity index (χ2n) is 4.79. The highest BCUT2D eigenvalue weighted by Gasteiger charge is 2.31. The number of amides is 1. The van der Waals surface area contributed by atoms with Gasteiger partial charge in [0, 0.05) is 30.8 Å². The molecule has 2 aliphatic heterocycles. The van der Waals surface area contributed by atoms with E-state index < -0.39 is 10.0 Å². The van der Waals surface area contributed by atoms with E-state index >= 15 is 0 Å². The van der Waals surface area contributed by atoms with Crippen molar-refractivity contribution in [2.75, 3.05) is 31.0 Å². The lowest BCUT2D eigenvalue weighted by Gasteiger charge is -2.34. The minimum absolute atomic E-state index is 0. The minimum Gasteiger partial charge on any atom is -0.340 e. The molecule has 2 N–H and O–H groups in total. The number of hydrogen-bond acceptors (Lipinski definition) is 5. The lowest BCUT2D eigenvalue weighted by molar-refractivity contribution is -0.133. The second-order valence-corrected chi connectivity index (χ2v) is 7.60. The molecule has 1 amide bonds. The summed E-state index contributed by atoms with van der Waals surface area (Å²) in [7, 11) is -3.20. The molecule has 2 heterocycles. The molecule has 19 heavy (non-hydrogen) atoms. The number of thioether (sulfide) groups is 1. The van der Waals surface area contributed by atoms with E-state index in [9.17, 15) is 13.2 Å². The predicted octanol–water partition coefficient (Wildman–Crippen LogP) is -0.389. The molecule has 2 aliphatic rings. The monoisotopic (exact) mass is 329 g/mol. The molecular weight excluding hydrogens is 310 g/mol. The minimum atomic E-state index is -3.20. The van der Waals surface area contributed by atoms with Gasteiger partial charge in [-0.2, -0.15) is 0 Å². The van der Waals surface area contributed by atoms with Gasteiger partial charge < -0.3 is 4.90 Å². The van der Waals surface area contributed by atoms with Crippen molar-refractivity contribution in [3.8, 4) is 0 Å². The number of piperidine rings is 1. The molecule has 0 aromatic heterocycles. The number of carbonyl (C=O) groups is 1. The fourth-order valence-corrected chi connectivity index (χ4v) is 4.08. The van der Waals surface area contributed by atoms with Crippen LogP contribution in [0.4, 0.5) is 0 Å². The van der Waals surface area contributed by atoms with Gasteiger partial charge in [-0.3, -0.25) is 10.1 Å². The Bertz CT molecular complexity index is 412. The summed E-state index contributed by atoms with van der Waals surface area (Å²) in [6, 6.07) is -0.251. The average molecular weight is 330 g/mol. The van der Waals surface area contributed by atoms with E-state index in [0.717, 1.165) is 37.3 Å². The van der Waals surface area contributed by atoms with E-state index in [1.807, 2.05) is 0 Å². The molecule has 0 spiro atoms. The second kappa shape index (κ2) is 7.12. The van der Waals surface area contributed by atoms with Crippen LogP contribution in [0.2, 0.25) is 0 Å². The van der Waals surface area contributed by atoms with E-state index in [4.69, 9.17) is 0 Å². The quantitative estimate of drug-likeness (QED) is 0.737. The Morgan fingerprint density at radius 2 is 2.21 bits per heavy atom. The molecule has 0 aromatic carbocycles. The van der Waals surface area contributed by atoms with Crippen molar-refractivity contribution in [3.63, 3.8) is 0 Å². The maximum atomic E-state index is 12.2. The van der Waals surface area contributed by atoms with Gasteiger partial charge in [-0.05, 0) is 12.8 Å². The Morgan fingerprint density at radius 1 is 1.47 bits per heavy atom. The summed E-state index contributed by atoms with van der Waals surface area (Å²) < 4.78 is 25.0. The first-order chi connectivity index (χ1) is 8.46. The summed E-state index contributed by atoms with van der Waals surface area (Å²) in [6.45, 7) is 1.21. The molecule has 2 fully saturated rings. The normalized spacial score (nSPS) is 27.9. The number of halogens is 1. The van der Waals surface area contributed by atoms with Crippen molar-refractivity contribution in [2.45, 2.75) is 24.9 Å². The van der Waals surface area contributed by atoms with Crippen LogP contribution in [0.15, 0.2) is 0 Å². The average Bonchev–Trinajstić information content (AvgIpc) is 2.79. The van der Waals surface area contributed by atoms with Crippen LogP contribution in [0.5, 0.6) is 0 Å². The maximum Gasteiger partial charge on any atom is 0.240 e. The first-order valence-electron chi connectivity index (χ1n) is 6.03.